The van der Waals surface area contributed by atoms with Crippen molar-refractivity contribution in [3.05, 3.63) is 17.0 Å². The van der Waals surface area contributed by atoms with Gasteiger partial charge in [0, 0.05) is 31.4 Å². The van der Waals surface area contributed by atoms with Crippen LogP contribution in [-0.2, 0) is 23.6 Å². The molecule has 1 aromatic rings. The second-order valence-electron chi connectivity index (χ2n) is 4.51. The Kier molecular flexibility index (Phi) is 4.89. The van der Waals surface area contributed by atoms with Crippen LogP contribution in [0.2, 0.25) is 0 Å². The maximum absolute atomic E-state index is 11.9. The molecule has 0 saturated heterocycles. The summed E-state index contributed by atoms with van der Waals surface area (Å²) in [5.41, 5.74) is 2.79. The zero-order valence-electron chi connectivity index (χ0n) is 11.6. The SMILES string of the molecule is CNCC(C)S(=O)(=O)NCc1c(C)nn(C)c1C. The molecular weight excluding hydrogens is 252 g/mol. The fourth-order valence-electron chi connectivity index (χ4n) is 1.79. The van der Waals surface area contributed by atoms with E-state index in [1.54, 1.807) is 18.7 Å². The summed E-state index contributed by atoms with van der Waals surface area (Å²) in [7, 11) is 0.294. The molecule has 2 N–H and O–H groups in total. The number of aromatic nitrogens is 2. The van der Waals surface area contributed by atoms with E-state index >= 15 is 0 Å². The van der Waals surface area contributed by atoms with Gasteiger partial charge in [-0.3, -0.25) is 4.68 Å². The molecule has 1 unspecified atom stereocenters. The van der Waals surface area contributed by atoms with Crippen molar-refractivity contribution in [3.63, 3.8) is 0 Å². The molecule has 18 heavy (non-hydrogen) atoms. The Balaban J connectivity index is 2.76. The minimum atomic E-state index is -3.29. The van der Waals surface area contributed by atoms with E-state index in [-0.39, 0.29) is 0 Å². The Morgan fingerprint density at radius 1 is 1.39 bits per heavy atom. The fourth-order valence-corrected chi connectivity index (χ4v) is 2.80. The molecule has 1 aromatic heterocycles. The van der Waals surface area contributed by atoms with E-state index in [1.165, 1.54) is 0 Å². The molecule has 0 aliphatic heterocycles. The van der Waals surface area contributed by atoms with Crippen LogP contribution in [0.1, 0.15) is 23.9 Å². The van der Waals surface area contributed by atoms with Crippen LogP contribution in [0, 0.1) is 13.8 Å². The lowest BCUT2D eigenvalue weighted by molar-refractivity contribution is 0.563. The van der Waals surface area contributed by atoms with Crippen molar-refractivity contribution in [3.8, 4) is 0 Å². The summed E-state index contributed by atoms with van der Waals surface area (Å²) >= 11 is 0. The van der Waals surface area contributed by atoms with Crippen LogP contribution in [0.5, 0.6) is 0 Å². The zero-order chi connectivity index (χ0) is 13.9. The van der Waals surface area contributed by atoms with Crippen molar-refractivity contribution in [2.75, 3.05) is 13.6 Å². The van der Waals surface area contributed by atoms with E-state index in [1.807, 2.05) is 20.9 Å². The maximum atomic E-state index is 11.9. The topological polar surface area (TPSA) is 76.0 Å². The number of nitrogens with one attached hydrogen (secondary N) is 2. The minimum absolute atomic E-state index is 0.294. The molecule has 0 aliphatic carbocycles. The van der Waals surface area contributed by atoms with E-state index in [9.17, 15) is 8.42 Å². The summed E-state index contributed by atoms with van der Waals surface area (Å²) in [4.78, 5) is 0. The van der Waals surface area contributed by atoms with Gasteiger partial charge in [-0.25, -0.2) is 13.1 Å². The van der Waals surface area contributed by atoms with E-state index in [4.69, 9.17) is 0 Å². The van der Waals surface area contributed by atoms with Crippen LogP contribution in [0.4, 0.5) is 0 Å². The Morgan fingerprint density at radius 2 is 2.00 bits per heavy atom. The van der Waals surface area contributed by atoms with E-state index in [0.717, 1.165) is 17.0 Å². The molecule has 1 heterocycles. The number of aryl methyl sites for hydroxylation is 2. The van der Waals surface area contributed by atoms with Crippen molar-refractivity contribution in [1.82, 2.24) is 19.8 Å². The number of hydrogen-bond donors (Lipinski definition) is 2. The Hall–Kier alpha value is -0.920. The summed E-state index contributed by atoms with van der Waals surface area (Å²) in [5, 5.41) is 6.67. The van der Waals surface area contributed by atoms with Crippen molar-refractivity contribution in [1.29, 1.82) is 0 Å². The predicted octanol–water partition coefficient (Wildman–Crippen LogP) is 0.0642. The lowest BCUT2D eigenvalue weighted by Crippen LogP contribution is -2.37. The highest BCUT2D eigenvalue weighted by Gasteiger charge is 2.20. The zero-order valence-corrected chi connectivity index (χ0v) is 12.4. The molecule has 0 aliphatic rings. The quantitative estimate of drug-likeness (QED) is 0.769. The van der Waals surface area contributed by atoms with Gasteiger partial charge in [0.25, 0.3) is 0 Å². The fraction of sp³-hybridized carbons (Fsp3) is 0.727. The van der Waals surface area contributed by atoms with Crippen LogP contribution in [0.3, 0.4) is 0 Å². The van der Waals surface area contributed by atoms with Gasteiger partial charge in [0.2, 0.25) is 10.0 Å². The standard InChI is InChI=1S/C11H22N4O2S/c1-8(6-12-4)18(16,17)13-7-11-9(2)14-15(5)10(11)3/h8,12-13H,6-7H2,1-5H3. The van der Waals surface area contributed by atoms with Gasteiger partial charge >= 0.3 is 0 Å². The maximum Gasteiger partial charge on any atom is 0.215 e. The Morgan fingerprint density at radius 3 is 2.44 bits per heavy atom. The number of rotatable bonds is 6. The molecule has 104 valence electrons. The first-order valence-electron chi connectivity index (χ1n) is 5.91. The van der Waals surface area contributed by atoms with Gasteiger partial charge in [-0.2, -0.15) is 5.10 Å². The molecule has 0 fully saturated rings. The molecule has 0 aromatic carbocycles. The predicted molar refractivity (Wildman–Crippen MR) is 71.8 cm³/mol. The van der Waals surface area contributed by atoms with Crippen LogP contribution < -0.4 is 10.0 Å². The molecule has 6 nitrogen and oxygen atoms in total. The van der Waals surface area contributed by atoms with Gasteiger partial charge in [0.15, 0.2) is 0 Å². The molecule has 1 atom stereocenters. The molecular formula is C11H22N4O2S. The molecule has 0 saturated carbocycles. The van der Waals surface area contributed by atoms with E-state index < -0.39 is 15.3 Å². The Bertz CT molecular complexity index is 507. The molecule has 0 spiro atoms. The van der Waals surface area contributed by atoms with Gasteiger partial charge in [-0.15, -0.1) is 0 Å². The van der Waals surface area contributed by atoms with E-state index in [0.29, 0.717) is 13.1 Å². The van der Waals surface area contributed by atoms with Gasteiger partial charge in [-0.05, 0) is 27.8 Å². The summed E-state index contributed by atoms with van der Waals surface area (Å²) < 4.78 is 28.3. The third-order valence-corrected chi connectivity index (χ3v) is 4.90. The number of sulfonamides is 1. The van der Waals surface area contributed by atoms with Crippen LogP contribution in [0.15, 0.2) is 0 Å². The Labute approximate surface area is 109 Å². The summed E-state index contributed by atoms with van der Waals surface area (Å²) in [6, 6.07) is 0. The van der Waals surface area contributed by atoms with E-state index in [2.05, 4.69) is 15.1 Å². The highest BCUT2D eigenvalue weighted by atomic mass is 32.2. The molecule has 7 heteroatoms. The molecule has 0 bridgehead atoms. The first-order chi connectivity index (χ1) is 8.29. The highest BCUT2D eigenvalue weighted by molar-refractivity contribution is 7.90. The second kappa shape index (κ2) is 5.81. The first-order valence-corrected chi connectivity index (χ1v) is 7.46. The summed E-state index contributed by atoms with van der Waals surface area (Å²) in [6.45, 7) is 6.22. The van der Waals surface area contributed by atoms with Gasteiger partial charge < -0.3 is 5.32 Å². The third-order valence-electron chi connectivity index (χ3n) is 3.13. The lowest BCUT2D eigenvalue weighted by Gasteiger charge is -2.13. The van der Waals surface area contributed by atoms with Crippen LogP contribution >= 0.6 is 0 Å². The average Bonchev–Trinajstić information content (AvgIpc) is 2.51. The normalized spacial score (nSPS) is 13.8. The number of hydrogen-bond acceptors (Lipinski definition) is 4. The highest BCUT2D eigenvalue weighted by Crippen LogP contribution is 2.12. The minimum Gasteiger partial charge on any atom is -0.318 e. The summed E-state index contributed by atoms with van der Waals surface area (Å²) in [6.07, 6.45) is 0. The van der Waals surface area contributed by atoms with Gasteiger partial charge in [-0.1, -0.05) is 0 Å². The largest absolute Gasteiger partial charge is 0.318 e. The van der Waals surface area contributed by atoms with Crippen molar-refractivity contribution < 1.29 is 8.42 Å². The third kappa shape index (κ3) is 3.30. The number of nitrogens with zero attached hydrogens (tertiary/aromatic N) is 2. The monoisotopic (exact) mass is 274 g/mol. The smallest absolute Gasteiger partial charge is 0.215 e. The van der Waals surface area contributed by atoms with Gasteiger partial charge in [0.1, 0.15) is 0 Å². The van der Waals surface area contributed by atoms with Crippen molar-refractivity contribution >= 4 is 10.0 Å². The average molecular weight is 274 g/mol. The van der Waals surface area contributed by atoms with Crippen LogP contribution in [-0.4, -0.2) is 37.0 Å². The molecule has 0 radical (unpaired) electrons. The van der Waals surface area contributed by atoms with Crippen LogP contribution in [0.25, 0.3) is 0 Å². The second-order valence-corrected chi connectivity index (χ2v) is 6.69. The van der Waals surface area contributed by atoms with Crippen molar-refractivity contribution in [2.24, 2.45) is 7.05 Å². The molecule has 0 amide bonds. The van der Waals surface area contributed by atoms with Gasteiger partial charge in [0.05, 0.1) is 10.9 Å². The molecule has 1 rings (SSSR count). The van der Waals surface area contributed by atoms with Crippen molar-refractivity contribution in [2.45, 2.75) is 32.6 Å². The first kappa shape index (κ1) is 15.1. The lowest BCUT2D eigenvalue weighted by atomic mass is 10.2. The summed E-state index contributed by atoms with van der Waals surface area (Å²) in [5.74, 6) is 0.